The van der Waals surface area contributed by atoms with Crippen LogP contribution in [0.1, 0.15) is 38.8 Å². The van der Waals surface area contributed by atoms with E-state index in [1.54, 1.807) is 42.5 Å². The summed E-state index contributed by atoms with van der Waals surface area (Å²) in [6.07, 6.45) is 1.75. The van der Waals surface area contributed by atoms with Crippen molar-refractivity contribution in [3.05, 3.63) is 64.7 Å². The Balaban J connectivity index is 1.69. The van der Waals surface area contributed by atoms with Gasteiger partial charge in [0.05, 0.1) is 24.6 Å². The van der Waals surface area contributed by atoms with E-state index in [1.807, 2.05) is 6.92 Å². The van der Waals surface area contributed by atoms with E-state index in [9.17, 15) is 18.0 Å². The van der Waals surface area contributed by atoms with E-state index in [-0.39, 0.29) is 11.9 Å². The lowest BCUT2D eigenvalue weighted by Gasteiger charge is -2.21. The second kappa shape index (κ2) is 7.63. The minimum Gasteiger partial charge on any atom is -0.465 e. The molecule has 0 bridgehead atoms. The Morgan fingerprint density at radius 2 is 1.79 bits per heavy atom. The van der Waals surface area contributed by atoms with Crippen molar-refractivity contribution in [2.75, 3.05) is 17.7 Å². The summed E-state index contributed by atoms with van der Waals surface area (Å²) in [5.41, 5.74) is 3.24. The number of carbonyl (C=O) groups is 2. The first-order valence-electron chi connectivity index (χ1n) is 8.78. The van der Waals surface area contributed by atoms with Gasteiger partial charge in [-0.1, -0.05) is 12.1 Å². The van der Waals surface area contributed by atoms with E-state index in [1.165, 1.54) is 17.7 Å². The number of sulfonamides is 1. The first-order chi connectivity index (χ1) is 13.2. The van der Waals surface area contributed by atoms with Crippen LogP contribution in [0.3, 0.4) is 0 Å². The molecule has 1 atom stereocenters. The summed E-state index contributed by atoms with van der Waals surface area (Å²) in [5.74, 6) is -0.656. The molecular formula is C20H22N2O5S. The molecule has 8 heteroatoms. The van der Waals surface area contributed by atoms with Crippen LogP contribution in [0.5, 0.6) is 0 Å². The average Bonchev–Trinajstić information content (AvgIpc) is 3.00. The molecule has 148 valence electrons. The van der Waals surface area contributed by atoms with E-state index < -0.39 is 16.0 Å². The van der Waals surface area contributed by atoms with Crippen molar-refractivity contribution in [2.24, 2.45) is 0 Å². The maximum Gasteiger partial charge on any atom is 0.337 e. The van der Waals surface area contributed by atoms with E-state index in [4.69, 9.17) is 0 Å². The van der Waals surface area contributed by atoms with Crippen LogP contribution in [0.2, 0.25) is 0 Å². The topological polar surface area (TPSA) is 92.8 Å². The molecule has 0 unspecified atom stereocenters. The van der Waals surface area contributed by atoms with Gasteiger partial charge in [-0.15, -0.1) is 0 Å². The third kappa shape index (κ3) is 4.01. The van der Waals surface area contributed by atoms with Gasteiger partial charge in [-0.05, 0) is 54.8 Å². The maximum absolute atomic E-state index is 12.5. The summed E-state index contributed by atoms with van der Waals surface area (Å²) in [4.78, 5) is 23.9. The summed E-state index contributed by atoms with van der Waals surface area (Å²) in [5, 5.41) is 2.83. The lowest BCUT2D eigenvalue weighted by Crippen LogP contribution is -2.34. The highest BCUT2D eigenvalue weighted by Crippen LogP contribution is 2.34. The van der Waals surface area contributed by atoms with Gasteiger partial charge in [0.15, 0.2) is 0 Å². The largest absolute Gasteiger partial charge is 0.465 e. The van der Waals surface area contributed by atoms with Crippen LogP contribution in [0.4, 0.5) is 5.69 Å². The summed E-state index contributed by atoms with van der Waals surface area (Å²) in [6, 6.07) is 11.7. The smallest absolute Gasteiger partial charge is 0.337 e. The van der Waals surface area contributed by atoms with Crippen LogP contribution in [-0.4, -0.2) is 39.7 Å². The Bertz CT molecular complexity index is 1020. The Labute approximate surface area is 164 Å². The number of benzene rings is 2. The van der Waals surface area contributed by atoms with Crippen molar-refractivity contribution >= 4 is 27.6 Å². The van der Waals surface area contributed by atoms with E-state index in [2.05, 4.69) is 10.1 Å². The fraction of sp³-hybridized carbons (Fsp3) is 0.300. The highest BCUT2D eigenvalue weighted by molar-refractivity contribution is 7.92. The minimum atomic E-state index is -3.36. The summed E-state index contributed by atoms with van der Waals surface area (Å²) >= 11 is 0. The zero-order valence-corrected chi connectivity index (χ0v) is 16.7. The number of esters is 1. The third-order valence-electron chi connectivity index (χ3n) is 4.68. The Hall–Kier alpha value is -2.87. The van der Waals surface area contributed by atoms with Crippen molar-refractivity contribution in [3.8, 4) is 0 Å². The standard InChI is InChI=1S/C20H22N2O5S/c1-13-10-17-11-16(8-9-18(17)22(13)28(3,25)26)19(23)21-12-14-4-6-15(7-5-14)20(24)27-2/h4-9,11,13H,10,12H2,1-3H3,(H,21,23)/t13-/m1/s1. The number of methoxy groups -OCH3 is 1. The molecule has 0 saturated heterocycles. The summed E-state index contributed by atoms with van der Waals surface area (Å²) in [6.45, 7) is 2.15. The first-order valence-corrected chi connectivity index (χ1v) is 10.6. The Morgan fingerprint density at radius 3 is 2.39 bits per heavy atom. The monoisotopic (exact) mass is 402 g/mol. The quantitative estimate of drug-likeness (QED) is 0.774. The molecule has 2 aromatic rings. The number of rotatable bonds is 5. The highest BCUT2D eigenvalue weighted by Gasteiger charge is 2.32. The van der Waals surface area contributed by atoms with Crippen LogP contribution >= 0.6 is 0 Å². The summed E-state index contributed by atoms with van der Waals surface area (Å²) in [7, 11) is -2.03. The van der Waals surface area contributed by atoms with Crippen LogP contribution in [0.15, 0.2) is 42.5 Å². The van der Waals surface area contributed by atoms with Gasteiger partial charge in [0.25, 0.3) is 5.91 Å². The van der Waals surface area contributed by atoms with Crippen molar-refractivity contribution in [3.63, 3.8) is 0 Å². The lowest BCUT2D eigenvalue weighted by molar-refractivity contribution is 0.0600. The Morgan fingerprint density at radius 1 is 1.14 bits per heavy atom. The molecule has 1 aliphatic heterocycles. The van der Waals surface area contributed by atoms with Gasteiger partial charge < -0.3 is 10.1 Å². The van der Waals surface area contributed by atoms with Gasteiger partial charge in [-0.3, -0.25) is 9.10 Å². The molecule has 1 N–H and O–H groups in total. The van der Waals surface area contributed by atoms with Gasteiger partial charge in [0.2, 0.25) is 10.0 Å². The molecule has 3 rings (SSSR count). The summed E-state index contributed by atoms with van der Waals surface area (Å²) < 4.78 is 30.0. The number of amides is 1. The molecule has 0 aliphatic carbocycles. The molecule has 0 fully saturated rings. The van der Waals surface area contributed by atoms with E-state index in [0.29, 0.717) is 29.8 Å². The molecule has 7 nitrogen and oxygen atoms in total. The highest BCUT2D eigenvalue weighted by atomic mass is 32.2. The van der Waals surface area contributed by atoms with E-state index in [0.717, 1.165) is 11.1 Å². The van der Waals surface area contributed by atoms with Crippen LogP contribution in [-0.2, 0) is 27.7 Å². The van der Waals surface area contributed by atoms with E-state index >= 15 is 0 Å². The average molecular weight is 402 g/mol. The molecule has 0 radical (unpaired) electrons. The van der Waals surface area contributed by atoms with Crippen molar-refractivity contribution in [1.29, 1.82) is 0 Å². The minimum absolute atomic E-state index is 0.170. The van der Waals surface area contributed by atoms with Crippen LogP contribution < -0.4 is 9.62 Å². The lowest BCUT2D eigenvalue weighted by atomic mass is 10.1. The molecule has 0 spiro atoms. The Kier molecular flexibility index (Phi) is 5.42. The number of fused-ring (bicyclic) bond motifs is 1. The van der Waals surface area contributed by atoms with Crippen LogP contribution in [0, 0.1) is 0 Å². The first kappa shape index (κ1) is 19.9. The molecule has 0 saturated carbocycles. The third-order valence-corrected chi connectivity index (χ3v) is 5.95. The predicted molar refractivity (Wildman–Crippen MR) is 106 cm³/mol. The van der Waals surface area contributed by atoms with Gasteiger partial charge in [-0.2, -0.15) is 0 Å². The number of anilines is 1. The molecule has 28 heavy (non-hydrogen) atoms. The van der Waals surface area contributed by atoms with Crippen LogP contribution in [0.25, 0.3) is 0 Å². The number of ether oxygens (including phenoxy) is 1. The van der Waals surface area contributed by atoms with Gasteiger partial charge in [0, 0.05) is 18.2 Å². The second-order valence-electron chi connectivity index (χ2n) is 6.83. The molecular weight excluding hydrogens is 380 g/mol. The number of nitrogens with zero attached hydrogens (tertiary/aromatic N) is 1. The molecule has 0 aromatic heterocycles. The molecule has 1 amide bonds. The van der Waals surface area contributed by atoms with Crippen molar-refractivity contribution in [1.82, 2.24) is 5.32 Å². The van der Waals surface area contributed by atoms with Gasteiger partial charge in [0.1, 0.15) is 0 Å². The second-order valence-corrected chi connectivity index (χ2v) is 8.69. The number of carbonyl (C=O) groups excluding carboxylic acids is 2. The van der Waals surface area contributed by atoms with Gasteiger partial charge in [-0.25, -0.2) is 13.2 Å². The van der Waals surface area contributed by atoms with Crippen molar-refractivity contribution in [2.45, 2.75) is 25.9 Å². The van der Waals surface area contributed by atoms with Crippen molar-refractivity contribution < 1.29 is 22.7 Å². The fourth-order valence-electron chi connectivity index (χ4n) is 3.41. The fourth-order valence-corrected chi connectivity index (χ4v) is 4.67. The normalized spacial score (nSPS) is 15.8. The zero-order valence-electron chi connectivity index (χ0n) is 15.9. The number of hydrogen-bond donors (Lipinski definition) is 1. The molecule has 1 aliphatic rings. The SMILES string of the molecule is COC(=O)c1ccc(CNC(=O)c2ccc3c(c2)C[C@@H](C)N3S(C)(=O)=O)cc1. The number of nitrogens with one attached hydrogen (secondary N) is 1. The maximum atomic E-state index is 12.5. The van der Waals surface area contributed by atoms with Gasteiger partial charge >= 0.3 is 5.97 Å². The zero-order chi connectivity index (χ0) is 20.5. The molecule has 2 aromatic carbocycles. The number of hydrogen-bond acceptors (Lipinski definition) is 5. The predicted octanol–water partition coefficient (Wildman–Crippen LogP) is 2.11. The molecule has 1 heterocycles.